The Morgan fingerprint density at radius 2 is 1.90 bits per heavy atom. The number of nitrogens with zero attached hydrogens (tertiary/aromatic N) is 2. The third-order valence-corrected chi connectivity index (χ3v) is 3.15. The van der Waals surface area contributed by atoms with Crippen molar-refractivity contribution in [3.05, 3.63) is 23.8 Å². The number of anilines is 2. The summed E-state index contributed by atoms with van der Waals surface area (Å²) in [6.07, 6.45) is 1.91. The molecule has 0 unspecified atom stereocenters. The van der Waals surface area contributed by atoms with Gasteiger partial charge in [-0.1, -0.05) is 13.3 Å². The summed E-state index contributed by atoms with van der Waals surface area (Å²) in [5.74, 6) is -0.527. The van der Waals surface area contributed by atoms with Crippen LogP contribution in [0.4, 0.5) is 11.4 Å². The minimum Gasteiger partial charge on any atom is -0.397 e. The Labute approximate surface area is 125 Å². The van der Waals surface area contributed by atoms with Gasteiger partial charge in [0.15, 0.2) is 0 Å². The minimum absolute atomic E-state index is 0.0871. The first kappa shape index (κ1) is 16.8. The van der Waals surface area contributed by atoms with Crippen molar-refractivity contribution in [3.63, 3.8) is 0 Å². The van der Waals surface area contributed by atoms with E-state index in [1.54, 1.807) is 32.3 Å². The maximum Gasteiger partial charge on any atom is 0.253 e. The van der Waals surface area contributed by atoms with Crippen LogP contribution in [0, 0.1) is 0 Å². The van der Waals surface area contributed by atoms with Crippen molar-refractivity contribution in [1.82, 2.24) is 4.90 Å². The molecule has 0 aliphatic rings. The van der Waals surface area contributed by atoms with E-state index in [2.05, 4.69) is 6.92 Å². The zero-order valence-corrected chi connectivity index (χ0v) is 12.9. The number of unbranched alkanes of at least 4 members (excludes halogenated alkanes) is 1. The molecule has 0 radical (unpaired) electrons. The summed E-state index contributed by atoms with van der Waals surface area (Å²) in [4.78, 5) is 26.6. The number of carbonyl (C=O) groups excluding carboxylic acids is 2. The van der Waals surface area contributed by atoms with E-state index in [1.165, 1.54) is 4.90 Å². The molecule has 0 saturated heterocycles. The Morgan fingerprint density at radius 1 is 1.24 bits per heavy atom. The summed E-state index contributed by atoms with van der Waals surface area (Å²) in [6.45, 7) is 2.82. The highest BCUT2D eigenvalue weighted by Gasteiger charge is 2.16. The van der Waals surface area contributed by atoms with E-state index in [4.69, 9.17) is 11.5 Å². The Morgan fingerprint density at radius 3 is 2.43 bits per heavy atom. The van der Waals surface area contributed by atoms with Gasteiger partial charge in [0.05, 0.1) is 17.9 Å². The second-order valence-electron chi connectivity index (χ2n) is 5.21. The van der Waals surface area contributed by atoms with Crippen LogP contribution in [0.3, 0.4) is 0 Å². The summed E-state index contributed by atoms with van der Waals surface area (Å²) in [5, 5.41) is 0. The van der Waals surface area contributed by atoms with Gasteiger partial charge in [-0.05, 0) is 24.6 Å². The first-order chi connectivity index (χ1) is 9.86. The van der Waals surface area contributed by atoms with Gasteiger partial charge < -0.3 is 21.3 Å². The smallest absolute Gasteiger partial charge is 0.253 e. The van der Waals surface area contributed by atoms with Gasteiger partial charge in [0.2, 0.25) is 5.91 Å². The van der Waals surface area contributed by atoms with Crippen LogP contribution in [0.2, 0.25) is 0 Å². The fourth-order valence-corrected chi connectivity index (χ4v) is 2.03. The molecule has 0 aromatic heterocycles. The van der Waals surface area contributed by atoms with Crippen LogP contribution in [0.25, 0.3) is 0 Å². The second-order valence-corrected chi connectivity index (χ2v) is 5.21. The number of rotatable bonds is 7. The maximum atomic E-state index is 12.0. The van der Waals surface area contributed by atoms with Crippen molar-refractivity contribution in [2.24, 2.45) is 5.73 Å². The molecule has 1 rings (SSSR count). The number of hydrogen-bond donors (Lipinski definition) is 2. The Balaban J connectivity index is 3.13. The van der Waals surface area contributed by atoms with Gasteiger partial charge in [-0.25, -0.2) is 0 Å². The Kier molecular flexibility index (Phi) is 6.02. The average Bonchev–Trinajstić information content (AvgIpc) is 2.42. The van der Waals surface area contributed by atoms with Gasteiger partial charge in [0.25, 0.3) is 5.91 Å². The van der Waals surface area contributed by atoms with Crippen LogP contribution in [-0.2, 0) is 4.79 Å². The van der Waals surface area contributed by atoms with Crippen LogP contribution in [0.1, 0.15) is 30.1 Å². The highest BCUT2D eigenvalue weighted by molar-refractivity contribution is 5.96. The number of carbonyl (C=O) groups is 2. The zero-order valence-electron chi connectivity index (χ0n) is 12.9. The highest BCUT2D eigenvalue weighted by Crippen LogP contribution is 2.25. The van der Waals surface area contributed by atoms with E-state index in [-0.39, 0.29) is 12.5 Å². The number of hydrogen-bond acceptors (Lipinski definition) is 4. The van der Waals surface area contributed by atoms with Crippen LogP contribution in [0.15, 0.2) is 18.2 Å². The topological polar surface area (TPSA) is 92.7 Å². The molecule has 116 valence electrons. The quantitative estimate of drug-likeness (QED) is 0.735. The number of nitrogen functional groups attached to an aromatic ring is 1. The zero-order chi connectivity index (χ0) is 16.0. The van der Waals surface area contributed by atoms with Crippen molar-refractivity contribution >= 4 is 23.2 Å². The predicted octanol–water partition coefficient (Wildman–Crippen LogP) is 1.06. The lowest BCUT2D eigenvalue weighted by Crippen LogP contribution is -2.35. The maximum absolute atomic E-state index is 12.0. The van der Waals surface area contributed by atoms with E-state index in [9.17, 15) is 9.59 Å². The first-order valence-electron chi connectivity index (χ1n) is 7.01. The molecule has 0 atom stereocenters. The van der Waals surface area contributed by atoms with Gasteiger partial charge in [-0.2, -0.15) is 0 Å². The Bertz CT molecular complexity index is 514. The molecular weight excluding hydrogens is 268 g/mol. The number of amides is 2. The lowest BCUT2D eigenvalue weighted by atomic mass is 10.1. The lowest BCUT2D eigenvalue weighted by Gasteiger charge is -2.25. The van der Waals surface area contributed by atoms with E-state index in [1.807, 2.05) is 4.90 Å². The fourth-order valence-electron chi connectivity index (χ4n) is 2.03. The van der Waals surface area contributed by atoms with Crippen LogP contribution in [0.5, 0.6) is 0 Å². The van der Waals surface area contributed by atoms with E-state index < -0.39 is 5.91 Å². The van der Waals surface area contributed by atoms with Crippen molar-refractivity contribution < 1.29 is 9.59 Å². The molecule has 0 fully saturated rings. The molecule has 0 aliphatic heterocycles. The van der Waals surface area contributed by atoms with Gasteiger partial charge in [0, 0.05) is 26.2 Å². The van der Waals surface area contributed by atoms with Gasteiger partial charge >= 0.3 is 0 Å². The lowest BCUT2D eigenvalue weighted by molar-refractivity contribution is -0.116. The number of benzene rings is 1. The van der Waals surface area contributed by atoms with E-state index >= 15 is 0 Å². The highest BCUT2D eigenvalue weighted by atomic mass is 16.2. The molecule has 0 spiro atoms. The standard InChI is InChI=1S/C15H24N4O2/c1-4-5-8-19(10-14(17)20)13-9-11(6-7-12(13)16)15(21)18(2)3/h6-7,9H,4-5,8,10,16H2,1-3H3,(H2,17,20). The first-order valence-corrected chi connectivity index (χ1v) is 7.01. The molecule has 21 heavy (non-hydrogen) atoms. The molecule has 0 aliphatic carbocycles. The van der Waals surface area contributed by atoms with Crippen molar-refractivity contribution in [3.8, 4) is 0 Å². The normalized spacial score (nSPS) is 10.2. The molecule has 0 saturated carbocycles. The van der Waals surface area contributed by atoms with Crippen molar-refractivity contribution in [2.45, 2.75) is 19.8 Å². The molecule has 4 N–H and O–H groups in total. The van der Waals surface area contributed by atoms with Crippen LogP contribution < -0.4 is 16.4 Å². The van der Waals surface area contributed by atoms with Gasteiger partial charge in [-0.3, -0.25) is 9.59 Å². The molecule has 1 aromatic rings. The van der Waals surface area contributed by atoms with Gasteiger partial charge in [-0.15, -0.1) is 0 Å². The van der Waals surface area contributed by atoms with Crippen LogP contribution >= 0.6 is 0 Å². The fraction of sp³-hybridized carbons (Fsp3) is 0.467. The summed E-state index contributed by atoms with van der Waals surface area (Å²) in [6, 6.07) is 5.09. The molecule has 1 aromatic carbocycles. The van der Waals surface area contributed by atoms with Gasteiger partial charge in [0.1, 0.15) is 0 Å². The molecule has 2 amide bonds. The summed E-state index contributed by atoms with van der Waals surface area (Å²) in [7, 11) is 3.38. The molecule has 6 heteroatoms. The molecule has 6 nitrogen and oxygen atoms in total. The Hall–Kier alpha value is -2.24. The second kappa shape index (κ2) is 7.52. The minimum atomic E-state index is -0.421. The van der Waals surface area contributed by atoms with E-state index in [0.717, 1.165) is 12.8 Å². The predicted molar refractivity (Wildman–Crippen MR) is 85.2 cm³/mol. The third kappa shape index (κ3) is 4.66. The monoisotopic (exact) mass is 292 g/mol. The van der Waals surface area contributed by atoms with E-state index in [0.29, 0.717) is 23.5 Å². The number of primary amides is 1. The molecule has 0 bridgehead atoms. The summed E-state index contributed by atoms with van der Waals surface area (Å²) >= 11 is 0. The number of nitrogens with two attached hydrogens (primary N) is 2. The molecule has 0 heterocycles. The average molecular weight is 292 g/mol. The largest absolute Gasteiger partial charge is 0.397 e. The van der Waals surface area contributed by atoms with Crippen molar-refractivity contribution in [2.75, 3.05) is 37.8 Å². The van der Waals surface area contributed by atoms with Crippen LogP contribution in [-0.4, -0.2) is 43.9 Å². The van der Waals surface area contributed by atoms with Crippen molar-refractivity contribution in [1.29, 1.82) is 0 Å². The molecular formula is C15H24N4O2. The third-order valence-electron chi connectivity index (χ3n) is 3.15. The summed E-state index contributed by atoms with van der Waals surface area (Å²) < 4.78 is 0. The SMILES string of the molecule is CCCCN(CC(N)=O)c1cc(C(=O)N(C)C)ccc1N. The summed E-state index contributed by atoms with van der Waals surface area (Å²) in [5.41, 5.74) is 13.0.